The van der Waals surface area contributed by atoms with Gasteiger partial charge in [0.2, 0.25) is 12.8 Å². The van der Waals surface area contributed by atoms with E-state index in [1.807, 2.05) is 78.7 Å². The number of nitrogens with two attached hydrogens (primary N) is 4. The van der Waals surface area contributed by atoms with Crippen molar-refractivity contribution in [3.63, 3.8) is 0 Å². The zero-order valence-corrected chi connectivity index (χ0v) is 79.9. The number of amides is 2. The minimum absolute atomic E-state index is 0.0390. The maximum absolute atomic E-state index is 11.3. The van der Waals surface area contributed by atoms with Gasteiger partial charge in [0, 0.05) is 126 Å². The molecule has 0 radical (unpaired) electrons. The van der Waals surface area contributed by atoms with Crippen LogP contribution in [0.15, 0.2) is 99.1 Å². The molecule has 0 spiro atoms. The molecule has 6 unspecified atom stereocenters. The molecule has 0 aromatic carbocycles. The number of rotatable bonds is 54. The van der Waals surface area contributed by atoms with Crippen molar-refractivity contribution in [3.8, 4) is 0 Å². The molecule has 52 heteroatoms. The van der Waals surface area contributed by atoms with Crippen molar-refractivity contribution in [2.45, 2.75) is 205 Å². The van der Waals surface area contributed by atoms with E-state index in [0.717, 1.165) is 105 Å². The molecule has 780 valence electrons. The highest BCUT2D eigenvalue weighted by atomic mass is 16.7. The van der Waals surface area contributed by atoms with Crippen LogP contribution in [0.3, 0.4) is 0 Å². The average molecular weight is 1980 g/mol. The van der Waals surface area contributed by atoms with Crippen LogP contribution in [0.4, 0.5) is 0 Å². The van der Waals surface area contributed by atoms with Crippen LogP contribution < -0.4 is 33.6 Å². The molecular weight excluding hydrogens is 1840 g/mol. The van der Waals surface area contributed by atoms with Crippen molar-refractivity contribution in [1.29, 1.82) is 0 Å². The molecule has 0 aliphatic carbocycles. The second kappa shape index (κ2) is 73.6. The molecule has 6 atom stereocenters. The van der Waals surface area contributed by atoms with Gasteiger partial charge >= 0.3 is 36.2 Å². The van der Waals surface area contributed by atoms with E-state index in [9.17, 15) is 44.1 Å². The topological polar surface area (TPSA) is 668 Å². The average Bonchev–Trinajstić information content (AvgIpc) is 1.71. The Balaban J connectivity index is 0.000000339. The fraction of sp³-hybridized carbons (Fsp3) is 0.636. The predicted octanol–water partition coefficient (Wildman–Crippen LogP) is -1.20. The van der Waals surface area contributed by atoms with Gasteiger partial charge in [-0.25, -0.2) is 39.9 Å². The molecule has 10 rings (SSSR count). The number of carbonyl (C=O) groups excluding carboxylic acids is 6. The third-order valence-electron chi connectivity index (χ3n) is 21.6. The maximum Gasteiger partial charge on any atom is 0.373 e. The Morgan fingerprint density at radius 1 is 0.364 bits per heavy atom. The summed E-state index contributed by atoms with van der Waals surface area (Å²) in [5.41, 5.74) is 22.5. The summed E-state index contributed by atoms with van der Waals surface area (Å²) in [5.74, 6) is 3.01. The number of carboxylic acid groups (broad SMARTS) is 4. The number of aryl methyl sites for hydroxylation is 2. The molecule has 8 aromatic heterocycles. The van der Waals surface area contributed by atoms with E-state index in [2.05, 4.69) is 69.3 Å². The summed E-state index contributed by atoms with van der Waals surface area (Å²) in [7, 11) is 3.96. The van der Waals surface area contributed by atoms with E-state index >= 15 is 0 Å². The fourth-order valence-electron chi connectivity index (χ4n) is 14.1. The number of aromatic nitrogens is 16. The molecule has 140 heavy (non-hydrogen) atoms. The van der Waals surface area contributed by atoms with Crippen LogP contribution in [-0.2, 0) is 201 Å². The molecule has 2 amide bonds. The molecule has 2 fully saturated rings. The molecular formula is C88H142N26O26. The van der Waals surface area contributed by atoms with Crippen LogP contribution >= 0.6 is 0 Å². The second-order valence-corrected chi connectivity index (χ2v) is 32.0. The Bertz CT molecular complexity index is 4420. The second-order valence-electron chi connectivity index (χ2n) is 32.0. The van der Waals surface area contributed by atoms with Crippen molar-refractivity contribution in [2.75, 3.05) is 145 Å². The molecule has 52 nitrogen and oxygen atoms in total. The number of carbonyl (C=O) groups is 6. The van der Waals surface area contributed by atoms with Crippen LogP contribution in [0.1, 0.15) is 124 Å². The highest BCUT2D eigenvalue weighted by molar-refractivity contribution is 5.74. The normalized spacial score (nSPS) is 15.7. The first-order valence-corrected chi connectivity index (χ1v) is 46.1. The third kappa shape index (κ3) is 50.5. The van der Waals surface area contributed by atoms with Gasteiger partial charge in [-0.3, -0.25) is 48.4 Å². The number of hydrogen-bond donors (Lipinski definition) is 12. The van der Waals surface area contributed by atoms with Crippen LogP contribution in [0.2, 0.25) is 0 Å². The number of carboxylic acids is 4. The van der Waals surface area contributed by atoms with Crippen molar-refractivity contribution < 1.29 is 126 Å². The van der Waals surface area contributed by atoms with Crippen LogP contribution in [0.5, 0.6) is 0 Å². The van der Waals surface area contributed by atoms with Gasteiger partial charge in [-0.05, 0) is 77.5 Å². The van der Waals surface area contributed by atoms with Crippen molar-refractivity contribution in [3.05, 3.63) is 146 Å². The smallest absolute Gasteiger partial charge is 0.373 e. The van der Waals surface area contributed by atoms with Gasteiger partial charge in [0.15, 0.2) is 0 Å². The lowest BCUT2D eigenvalue weighted by atomic mass is 10.1. The molecule has 8 aromatic rings. The Kier molecular flexibility index (Phi) is 62.5. The zero-order valence-electron chi connectivity index (χ0n) is 79.9. The minimum Gasteiger partial charge on any atom is -0.480 e. The molecule has 16 N–H and O–H groups in total. The van der Waals surface area contributed by atoms with Gasteiger partial charge in [-0.2, -0.15) is 19.2 Å². The first-order chi connectivity index (χ1) is 68.0. The number of hydrogen-bond acceptors (Lipinski definition) is 38. The van der Waals surface area contributed by atoms with E-state index in [1.165, 1.54) is 0 Å². The summed E-state index contributed by atoms with van der Waals surface area (Å²) in [4.78, 5) is 142. The summed E-state index contributed by atoms with van der Waals surface area (Å²) in [6.45, 7) is 16.8. The van der Waals surface area contributed by atoms with Gasteiger partial charge in [-0.15, -0.1) is 0 Å². The largest absolute Gasteiger partial charge is 0.480 e. The first kappa shape index (κ1) is 119. The van der Waals surface area contributed by atoms with Gasteiger partial charge < -0.3 is 148 Å². The summed E-state index contributed by atoms with van der Waals surface area (Å²) in [6.07, 6.45) is 37.8. The van der Waals surface area contributed by atoms with Crippen LogP contribution in [0.25, 0.3) is 0 Å². The van der Waals surface area contributed by atoms with Gasteiger partial charge in [-0.1, -0.05) is 25.7 Å². The van der Waals surface area contributed by atoms with E-state index in [-0.39, 0.29) is 51.3 Å². The highest BCUT2D eigenvalue weighted by Gasteiger charge is 2.25. The summed E-state index contributed by atoms with van der Waals surface area (Å²) >= 11 is 0. The van der Waals surface area contributed by atoms with Crippen molar-refractivity contribution in [2.24, 2.45) is 37.0 Å². The van der Waals surface area contributed by atoms with E-state index in [1.54, 1.807) is 62.0 Å². The first-order valence-electron chi connectivity index (χ1n) is 46.1. The predicted molar refractivity (Wildman–Crippen MR) is 493 cm³/mol. The minimum atomic E-state index is -0.999. The highest BCUT2D eigenvalue weighted by Crippen LogP contribution is 2.19. The number of aliphatic carboxylic acids is 4. The standard InChI is InChI=1S/C34H58N6O12.C18H28N8O4.C18H30N6O4.C16H26N6O2.2CO2/c35-31(34(41)42)3-1-2-6-38(23-32-36-4-7-39(32)21-29-25-49-27-47-15-13-43-9-11-45-17-19-51-29)24-33-37-5-8-40(33)22-30-26-50-28-48-16-14-44-10-12-46-18-20-52-30;19-15(18(29)30)3-1-2-6-24(9-16-22-4-7-25(16)11-20-13-27)10-17-23-5-8-26(17)12-21-14-28;19-15(18(27)28)3-1-2-6-22(13-16-20-4-7-23(16)9-11-25)14-17-21-5-8-24(17)10-12-26;1-20-9-6-18-14(20)11-22(12-15-19-7-10-21(15)2)8-4-3-5-13(17)16(23)24;2*2-1-3/h4-5,7-8,29-31H,1-3,6,9-28,35H2,(H,41,42);4-5,7-8,13-15H,1-3,6,9-12,19H2,(H,20,27)(H,21,28)(H,29,30);4-5,7-8,15,25-26H,1-3,6,9-14,19H2,(H,27,28);6-7,9-10,13H,3-5,8,11-12,17H2,1-2H3,(H,23,24);;. The number of imidazole rings is 8. The van der Waals surface area contributed by atoms with Crippen molar-refractivity contribution >= 4 is 49.0 Å². The van der Waals surface area contributed by atoms with Gasteiger partial charge in [0.05, 0.1) is 197 Å². The Hall–Kier alpha value is -11.5. The lowest BCUT2D eigenvalue weighted by Gasteiger charge is -2.25. The maximum atomic E-state index is 11.3. The van der Waals surface area contributed by atoms with Gasteiger partial charge in [0.1, 0.15) is 84.3 Å². The molecule has 0 bridgehead atoms. The lowest BCUT2D eigenvalue weighted by Crippen LogP contribution is -2.32. The van der Waals surface area contributed by atoms with Crippen LogP contribution in [-0.4, -0.2) is 357 Å². The zero-order chi connectivity index (χ0) is 102. The quantitative estimate of drug-likeness (QED) is 0.0157. The SMILES string of the molecule is Cn1ccnc1CN(CCCCC(N)C(=O)O)Cc1nccn1C.NC(CCCCN(Cc1nccn1CC1COCOCCOCCOCCO1)Cc1nccn1CC1COCOCCOCCOCCO1)C(=O)O.NC(CCCCN(Cc1nccn1CCO)Cc1nccn1CCO)C(=O)O.NC(CCCCN(Cc1nccn1CNC=O)Cc1nccn1CNC=O)C(=O)O.O=C=O.O=C=O. The number of nitrogens with zero attached hydrogens (tertiary/aromatic N) is 20. The monoisotopic (exact) mass is 1980 g/mol. The number of unbranched alkanes of at least 4 members (excludes halogenated alkanes) is 4. The van der Waals surface area contributed by atoms with E-state index < -0.39 is 48.0 Å². The number of aliphatic hydroxyl groups is 2. The third-order valence-corrected chi connectivity index (χ3v) is 21.6. The molecule has 10 heterocycles. The molecule has 2 aliphatic rings. The fourth-order valence-corrected chi connectivity index (χ4v) is 14.1. The van der Waals surface area contributed by atoms with E-state index in [0.29, 0.717) is 242 Å². The Morgan fingerprint density at radius 2 is 0.600 bits per heavy atom. The number of aliphatic hydroxyl groups excluding tert-OH is 2. The summed E-state index contributed by atoms with van der Waals surface area (Å²) in [5, 5.41) is 59.6. The Labute approximate surface area is 811 Å². The van der Waals surface area contributed by atoms with Crippen LogP contribution in [0, 0.1) is 0 Å². The molecule has 2 aliphatic heterocycles. The number of nitrogens with one attached hydrogen (secondary N) is 2. The number of ether oxygens (including phenoxy) is 10. The molecule has 0 saturated carbocycles. The lowest BCUT2D eigenvalue weighted by molar-refractivity contribution is -0.193. The van der Waals surface area contributed by atoms with E-state index in [4.69, 9.17) is 115 Å². The van der Waals surface area contributed by atoms with Gasteiger partial charge in [0.25, 0.3) is 0 Å². The summed E-state index contributed by atoms with van der Waals surface area (Å²) < 4.78 is 72.7. The summed E-state index contributed by atoms with van der Waals surface area (Å²) in [6, 6.07) is -3.36. The Morgan fingerprint density at radius 3 is 0.864 bits per heavy atom. The van der Waals surface area contributed by atoms with Crippen molar-refractivity contribution in [1.82, 2.24) is 107 Å². The molecule has 2 saturated heterocycles.